The highest BCUT2D eigenvalue weighted by Gasteiger charge is 2.21. The van der Waals surface area contributed by atoms with Gasteiger partial charge in [0.2, 0.25) is 5.91 Å². The zero-order chi connectivity index (χ0) is 14.4. The molecule has 0 radical (unpaired) electrons. The van der Waals surface area contributed by atoms with E-state index in [1.54, 1.807) is 0 Å². The molecule has 1 heterocycles. The first-order chi connectivity index (χ1) is 9.69. The molecule has 21 heavy (non-hydrogen) atoms. The molecule has 1 aliphatic rings. The summed E-state index contributed by atoms with van der Waals surface area (Å²) >= 11 is 0. The van der Waals surface area contributed by atoms with Gasteiger partial charge in [-0.3, -0.25) is 4.79 Å². The lowest BCUT2D eigenvalue weighted by Gasteiger charge is -2.28. The summed E-state index contributed by atoms with van der Waals surface area (Å²) < 4.78 is 0. The summed E-state index contributed by atoms with van der Waals surface area (Å²) in [6.07, 6.45) is 4.11. The normalized spacial score (nSPS) is 19.4. The average molecular weight is 311 g/mol. The molecule has 2 atom stereocenters. The number of halogens is 1. The Labute approximate surface area is 134 Å². The van der Waals surface area contributed by atoms with Crippen molar-refractivity contribution in [2.75, 3.05) is 18.4 Å². The van der Waals surface area contributed by atoms with Gasteiger partial charge in [0.25, 0.3) is 0 Å². The van der Waals surface area contributed by atoms with E-state index in [4.69, 9.17) is 0 Å². The van der Waals surface area contributed by atoms with Gasteiger partial charge in [-0.1, -0.05) is 26.0 Å². The number of rotatable bonds is 5. The van der Waals surface area contributed by atoms with Crippen LogP contribution in [-0.2, 0) is 11.2 Å². The lowest BCUT2D eigenvalue weighted by atomic mass is 9.85. The van der Waals surface area contributed by atoms with Gasteiger partial charge in [-0.2, -0.15) is 0 Å². The van der Waals surface area contributed by atoms with Gasteiger partial charge >= 0.3 is 0 Å². The maximum Gasteiger partial charge on any atom is 0.224 e. The summed E-state index contributed by atoms with van der Waals surface area (Å²) in [7, 11) is 0. The molecule has 1 saturated heterocycles. The van der Waals surface area contributed by atoms with Gasteiger partial charge in [-0.05, 0) is 61.9 Å². The Balaban J connectivity index is 0.00000220. The van der Waals surface area contributed by atoms with Crippen molar-refractivity contribution in [1.29, 1.82) is 0 Å². The highest BCUT2D eigenvalue weighted by molar-refractivity contribution is 5.90. The van der Waals surface area contributed by atoms with E-state index in [1.807, 2.05) is 12.1 Å². The fourth-order valence-corrected chi connectivity index (χ4v) is 2.86. The molecule has 1 amide bonds. The summed E-state index contributed by atoms with van der Waals surface area (Å²) in [5, 5.41) is 6.42. The maximum atomic E-state index is 12.1. The van der Waals surface area contributed by atoms with Gasteiger partial charge in [0, 0.05) is 12.1 Å². The summed E-state index contributed by atoms with van der Waals surface area (Å²) in [4.78, 5) is 12.1. The van der Waals surface area contributed by atoms with Gasteiger partial charge in [0.05, 0.1) is 0 Å². The molecule has 118 valence electrons. The summed E-state index contributed by atoms with van der Waals surface area (Å²) in [5.74, 6) is 1.21. The van der Waals surface area contributed by atoms with E-state index in [1.165, 1.54) is 18.4 Å². The van der Waals surface area contributed by atoms with Gasteiger partial charge in [-0.25, -0.2) is 0 Å². The molecule has 4 heteroatoms. The van der Waals surface area contributed by atoms with E-state index in [-0.39, 0.29) is 18.3 Å². The third kappa shape index (κ3) is 5.68. The van der Waals surface area contributed by atoms with Gasteiger partial charge < -0.3 is 10.6 Å². The third-order valence-corrected chi connectivity index (χ3v) is 4.29. The van der Waals surface area contributed by atoms with Crippen molar-refractivity contribution >= 4 is 24.0 Å². The van der Waals surface area contributed by atoms with Crippen molar-refractivity contribution in [1.82, 2.24) is 5.32 Å². The van der Waals surface area contributed by atoms with Crippen molar-refractivity contribution in [2.24, 2.45) is 11.8 Å². The number of hydrogen-bond acceptors (Lipinski definition) is 2. The average Bonchev–Trinajstić information content (AvgIpc) is 2.49. The molecule has 0 saturated carbocycles. The van der Waals surface area contributed by atoms with Gasteiger partial charge in [0.15, 0.2) is 0 Å². The highest BCUT2D eigenvalue weighted by Crippen LogP contribution is 2.23. The number of carbonyl (C=O) groups is 1. The first-order valence-electron chi connectivity index (χ1n) is 7.78. The first kappa shape index (κ1) is 18.0. The van der Waals surface area contributed by atoms with E-state index >= 15 is 0 Å². The van der Waals surface area contributed by atoms with Crippen LogP contribution in [0.1, 0.15) is 38.7 Å². The van der Waals surface area contributed by atoms with Crippen LogP contribution in [0.2, 0.25) is 0 Å². The molecule has 2 unspecified atom stereocenters. The Bertz CT molecular complexity index is 427. The predicted molar refractivity (Wildman–Crippen MR) is 91.1 cm³/mol. The SMILES string of the molecule is CCc1ccc(NC(=O)CC(C)C2CCCNC2)cc1.Cl. The summed E-state index contributed by atoms with van der Waals surface area (Å²) in [6.45, 7) is 6.50. The number of nitrogens with one attached hydrogen (secondary N) is 2. The largest absolute Gasteiger partial charge is 0.326 e. The quantitative estimate of drug-likeness (QED) is 0.872. The van der Waals surface area contributed by atoms with E-state index in [0.29, 0.717) is 18.3 Å². The Morgan fingerprint density at radius 3 is 2.67 bits per heavy atom. The molecule has 3 nitrogen and oxygen atoms in total. The van der Waals surface area contributed by atoms with Crippen LogP contribution in [-0.4, -0.2) is 19.0 Å². The van der Waals surface area contributed by atoms with E-state index in [2.05, 4.69) is 36.6 Å². The summed E-state index contributed by atoms with van der Waals surface area (Å²) in [6, 6.07) is 8.13. The van der Waals surface area contributed by atoms with Crippen molar-refractivity contribution in [3.05, 3.63) is 29.8 Å². The monoisotopic (exact) mass is 310 g/mol. The number of amides is 1. The van der Waals surface area contributed by atoms with Crippen molar-refractivity contribution < 1.29 is 4.79 Å². The van der Waals surface area contributed by atoms with Crippen LogP contribution in [0.25, 0.3) is 0 Å². The second kappa shape index (κ2) is 9.06. The minimum atomic E-state index is 0. The van der Waals surface area contributed by atoms with E-state index < -0.39 is 0 Å². The zero-order valence-electron chi connectivity index (χ0n) is 13.0. The van der Waals surface area contributed by atoms with Crippen molar-refractivity contribution in [2.45, 2.75) is 39.5 Å². The molecule has 0 spiro atoms. The fourth-order valence-electron chi connectivity index (χ4n) is 2.86. The van der Waals surface area contributed by atoms with E-state index in [0.717, 1.165) is 25.2 Å². The van der Waals surface area contributed by atoms with Crippen LogP contribution < -0.4 is 10.6 Å². The number of benzene rings is 1. The topological polar surface area (TPSA) is 41.1 Å². The highest BCUT2D eigenvalue weighted by atomic mass is 35.5. The number of carbonyl (C=O) groups excluding carboxylic acids is 1. The number of aryl methyl sites for hydroxylation is 1. The molecule has 0 aromatic heterocycles. The van der Waals surface area contributed by atoms with Crippen LogP contribution in [0, 0.1) is 11.8 Å². The lowest BCUT2D eigenvalue weighted by molar-refractivity contribution is -0.117. The van der Waals surface area contributed by atoms with E-state index in [9.17, 15) is 4.79 Å². The minimum absolute atomic E-state index is 0. The molecule has 2 N–H and O–H groups in total. The minimum Gasteiger partial charge on any atom is -0.326 e. The van der Waals surface area contributed by atoms with Crippen LogP contribution >= 0.6 is 12.4 Å². The first-order valence-corrected chi connectivity index (χ1v) is 7.78. The Morgan fingerprint density at radius 1 is 1.38 bits per heavy atom. The molecule has 1 aromatic rings. The van der Waals surface area contributed by atoms with Crippen molar-refractivity contribution in [3.63, 3.8) is 0 Å². The molecular weight excluding hydrogens is 284 g/mol. The van der Waals surface area contributed by atoms with Crippen LogP contribution in [0.5, 0.6) is 0 Å². The van der Waals surface area contributed by atoms with Crippen LogP contribution in [0.3, 0.4) is 0 Å². The number of hydrogen-bond donors (Lipinski definition) is 2. The zero-order valence-corrected chi connectivity index (χ0v) is 13.8. The number of piperidine rings is 1. The lowest BCUT2D eigenvalue weighted by Crippen LogP contribution is -2.34. The molecule has 1 aromatic carbocycles. The second-order valence-electron chi connectivity index (χ2n) is 5.89. The molecule has 2 rings (SSSR count). The van der Waals surface area contributed by atoms with Crippen LogP contribution in [0.4, 0.5) is 5.69 Å². The summed E-state index contributed by atoms with van der Waals surface area (Å²) in [5.41, 5.74) is 2.20. The number of anilines is 1. The maximum absolute atomic E-state index is 12.1. The molecular formula is C17H27ClN2O. The third-order valence-electron chi connectivity index (χ3n) is 4.29. The molecule has 1 aliphatic heterocycles. The predicted octanol–water partition coefficient (Wildman–Crippen LogP) is 3.64. The smallest absolute Gasteiger partial charge is 0.224 e. The van der Waals surface area contributed by atoms with Crippen LogP contribution in [0.15, 0.2) is 24.3 Å². The molecule has 0 aliphatic carbocycles. The molecule has 1 fully saturated rings. The van der Waals surface area contributed by atoms with Crippen molar-refractivity contribution in [3.8, 4) is 0 Å². The van der Waals surface area contributed by atoms with Gasteiger partial charge in [0.1, 0.15) is 0 Å². The molecule has 0 bridgehead atoms. The Kier molecular flexibility index (Phi) is 7.76. The second-order valence-corrected chi connectivity index (χ2v) is 5.89. The Morgan fingerprint density at radius 2 is 2.10 bits per heavy atom. The Hall–Kier alpha value is -1.06. The fraction of sp³-hybridized carbons (Fsp3) is 0.588. The van der Waals surface area contributed by atoms with Gasteiger partial charge in [-0.15, -0.1) is 12.4 Å². The standard InChI is InChI=1S/C17H26N2O.ClH/c1-3-14-6-8-16(9-7-14)19-17(20)11-13(2)15-5-4-10-18-12-15;/h6-9,13,15,18H,3-5,10-12H2,1-2H3,(H,19,20);1H.